The summed E-state index contributed by atoms with van der Waals surface area (Å²) < 4.78 is 11.8. The van der Waals surface area contributed by atoms with Crippen molar-refractivity contribution in [2.24, 2.45) is 0 Å². The fourth-order valence-corrected chi connectivity index (χ4v) is 2.87. The summed E-state index contributed by atoms with van der Waals surface area (Å²) in [5.41, 5.74) is 2.59. The number of benzene rings is 1. The molecule has 0 saturated heterocycles. The Hall–Kier alpha value is -1.75. The Labute approximate surface area is 132 Å². The standard InChI is InChI=1S/C16H17BrN2O2/c1-20-14-7-11-5-6-19(10-12(11)8-15(14)21-2)16-4-3-13(17)9-18-16/h3-4,7-9H,5-6,10H2,1-2H3. The van der Waals surface area contributed by atoms with Gasteiger partial charge in [0.1, 0.15) is 5.82 Å². The molecule has 3 rings (SSSR count). The SMILES string of the molecule is COc1cc2c(cc1OC)CN(c1ccc(Br)cn1)CC2. The van der Waals surface area contributed by atoms with Gasteiger partial charge in [-0.3, -0.25) is 0 Å². The molecule has 0 bridgehead atoms. The Morgan fingerprint density at radius 1 is 1.10 bits per heavy atom. The quantitative estimate of drug-likeness (QED) is 0.851. The van der Waals surface area contributed by atoms with Crippen molar-refractivity contribution in [3.05, 3.63) is 46.1 Å². The van der Waals surface area contributed by atoms with Crippen molar-refractivity contribution < 1.29 is 9.47 Å². The first-order valence-corrected chi connectivity index (χ1v) is 7.61. The maximum atomic E-state index is 5.39. The summed E-state index contributed by atoms with van der Waals surface area (Å²) in [6.07, 6.45) is 2.81. The predicted octanol–water partition coefficient (Wildman–Crippen LogP) is 3.42. The molecule has 0 saturated carbocycles. The lowest BCUT2D eigenvalue weighted by molar-refractivity contribution is 0.353. The summed E-state index contributed by atoms with van der Waals surface area (Å²) in [5, 5.41) is 0. The van der Waals surface area contributed by atoms with Crippen LogP contribution in [0.3, 0.4) is 0 Å². The number of aromatic nitrogens is 1. The monoisotopic (exact) mass is 348 g/mol. The fraction of sp³-hybridized carbons (Fsp3) is 0.312. The first-order chi connectivity index (χ1) is 10.2. The zero-order valence-corrected chi connectivity index (χ0v) is 13.7. The lowest BCUT2D eigenvalue weighted by Crippen LogP contribution is -2.31. The van der Waals surface area contributed by atoms with Crippen LogP contribution in [0.2, 0.25) is 0 Å². The molecule has 1 aromatic carbocycles. The summed E-state index contributed by atoms with van der Waals surface area (Å²) in [6, 6.07) is 8.21. The molecule has 5 heteroatoms. The number of nitrogens with zero attached hydrogens (tertiary/aromatic N) is 2. The zero-order valence-electron chi connectivity index (χ0n) is 12.1. The maximum Gasteiger partial charge on any atom is 0.161 e. The van der Waals surface area contributed by atoms with Crippen LogP contribution in [0.25, 0.3) is 0 Å². The molecule has 0 unspecified atom stereocenters. The van der Waals surface area contributed by atoms with Gasteiger partial charge in [0, 0.05) is 23.8 Å². The molecule has 1 aliphatic heterocycles. The van der Waals surface area contributed by atoms with Gasteiger partial charge in [-0.15, -0.1) is 0 Å². The largest absolute Gasteiger partial charge is 0.493 e. The van der Waals surface area contributed by atoms with E-state index in [1.807, 2.05) is 18.3 Å². The molecule has 4 nitrogen and oxygen atoms in total. The van der Waals surface area contributed by atoms with Crippen molar-refractivity contribution >= 4 is 21.7 Å². The van der Waals surface area contributed by atoms with Crippen molar-refractivity contribution in [1.82, 2.24) is 4.98 Å². The van der Waals surface area contributed by atoms with E-state index in [9.17, 15) is 0 Å². The van der Waals surface area contributed by atoms with Crippen molar-refractivity contribution in [2.75, 3.05) is 25.7 Å². The van der Waals surface area contributed by atoms with Gasteiger partial charge in [-0.1, -0.05) is 0 Å². The van der Waals surface area contributed by atoms with Gasteiger partial charge < -0.3 is 14.4 Å². The Morgan fingerprint density at radius 3 is 2.43 bits per heavy atom. The highest BCUT2D eigenvalue weighted by Crippen LogP contribution is 2.34. The van der Waals surface area contributed by atoms with E-state index < -0.39 is 0 Å². The minimum Gasteiger partial charge on any atom is -0.493 e. The van der Waals surface area contributed by atoms with Crippen molar-refractivity contribution in [1.29, 1.82) is 0 Å². The van der Waals surface area contributed by atoms with E-state index in [0.29, 0.717) is 0 Å². The smallest absolute Gasteiger partial charge is 0.161 e. The normalized spacial score (nSPS) is 13.8. The van der Waals surface area contributed by atoms with E-state index in [-0.39, 0.29) is 0 Å². The summed E-state index contributed by atoms with van der Waals surface area (Å²) in [7, 11) is 3.34. The second-order valence-corrected chi connectivity index (χ2v) is 5.90. The molecule has 2 heterocycles. The van der Waals surface area contributed by atoms with Gasteiger partial charge in [0.2, 0.25) is 0 Å². The van der Waals surface area contributed by atoms with Gasteiger partial charge in [0.05, 0.1) is 14.2 Å². The van der Waals surface area contributed by atoms with Crippen molar-refractivity contribution in [3.8, 4) is 11.5 Å². The third-order valence-corrected chi connectivity index (χ3v) is 4.22. The number of methoxy groups -OCH3 is 2. The second-order valence-electron chi connectivity index (χ2n) is 4.98. The Balaban J connectivity index is 1.89. The number of anilines is 1. The molecule has 2 aromatic rings. The molecule has 0 spiro atoms. The molecule has 0 amide bonds. The first kappa shape index (κ1) is 14.2. The van der Waals surface area contributed by atoms with E-state index in [2.05, 4.69) is 37.9 Å². The molecule has 0 fully saturated rings. The van der Waals surface area contributed by atoms with Gasteiger partial charge in [0.15, 0.2) is 11.5 Å². The highest BCUT2D eigenvalue weighted by Gasteiger charge is 2.20. The molecule has 0 radical (unpaired) electrons. The third kappa shape index (κ3) is 2.83. The van der Waals surface area contributed by atoms with Crippen molar-refractivity contribution in [3.63, 3.8) is 0 Å². The number of rotatable bonds is 3. The molecule has 110 valence electrons. The average Bonchev–Trinajstić information content (AvgIpc) is 2.53. The zero-order chi connectivity index (χ0) is 14.8. The molecule has 1 aromatic heterocycles. The van der Waals surface area contributed by atoms with E-state index in [1.54, 1.807) is 14.2 Å². The first-order valence-electron chi connectivity index (χ1n) is 6.81. The van der Waals surface area contributed by atoms with Gasteiger partial charge in [0.25, 0.3) is 0 Å². The molecular formula is C16H17BrN2O2. The molecule has 21 heavy (non-hydrogen) atoms. The van der Waals surface area contributed by atoms with Crippen LogP contribution >= 0.6 is 15.9 Å². The minimum absolute atomic E-state index is 0.780. The summed E-state index contributed by atoms with van der Waals surface area (Å²) in [6.45, 7) is 1.79. The molecular weight excluding hydrogens is 332 g/mol. The lowest BCUT2D eigenvalue weighted by Gasteiger charge is -2.30. The Bertz CT molecular complexity index is 643. The topological polar surface area (TPSA) is 34.6 Å². The number of hydrogen-bond acceptors (Lipinski definition) is 4. The van der Waals surface area contributed by atoms with E-state index >= 15 is 0 Å². The van der Waals surface area contributed by atoms with E-state index in [4.69, 9.17) is 9.47 Å². The van der Waals surface area contributed by atoms with Crippen LogP contribution in [-0.2, 0) is 13.0 Å². The minimum atomic E-state index is 0.780. The molecule has 0 N–H and O–H groups in total. The fourth-order valence-electron chi connectivity index (χ4n) is 2.63. The van der Waals surface area contributed by atoms with Crippen LogP contribution in [0.4, 0.5) is 5.82 Å². The Morgan fingerprint density at radius 2 is 1.81 bits per heavy atom. The van der Waals surface area contributed by atoms with Crippen LogP contribution in [-0.4, -0.2) is 25.7 Å². The highest BCUT2D eigenvalue weighted by molar-refractivity contribution is 9.10. The number of hydrogen-bond donors (Lipinski definition) is 0. The summed E-state index contributed by atoms with van der Waals surface area (Å²) >= 11 is 3.42. The Kier molecular flexibility index (Phi) is 4.01. The maximum absolute atomic E-state index is 5.39. The lowest BCUT2D eigenvalue weighted by atomic mass is 9.99. The van der Waals surface area contributed by atoms with Crippen LogP contribution < -0.4 is 14.4 Å². The predicted molar refractivity (Wildman–Crippen MR) is 86.2 cm³/mol. The van der Waals surface area contributed by atoms with E-state index in [1.165, 1.54) is 11.1 Å². The highest BCUT2D eigenvalue weighted by atomic mass is 79.9. The summed E-state index contributed by atoms with van der Waals surface area (Å²) in [5.74, 6) is 2.58. The molecule has 1 aliphatic rings. The number of ether oxygens (including phenoxy) is 2. The number of halogens is 1. The van der Waals surface area contributed by atoms with Crippen LogP contribution in [0, 0.1) is 0 Å². The van der Waals surface area contributed by atoms with Crippen LogP contribution in [0.5, 0.6) is 11.5 Å². The van der Waals surface area contributed by atoms with E-state index in [0.717, 1.165) is 41.3 Å². The van der Waals surface area contributed by atoms with Gasteiger partial charge >= 0.3 is 0 Å². The summed E-state index contributed by atoms with van der Waals surface area (Å²) in [4.78, 5) is 6.75. The average molecular weight is 349 g/mol. The third-order valence-electron chi connectivity index (χ3n) is 3.75. The molecule has 0 aliphatic carbocycles. The van der Waals surface area contributed by atoms with Crippen molar-refractivity contribution in [2.45, 2.75) is 13.0 Å². The van der Waals surface area contributed by atoms with Crippen LogP contribution in [0.1, 0.15) is 11.1 Å². The number of pyridine rings is 1. The van der Waals surface area contributed by atoms with Gasteiger partial charge in [-0.05, 0) is 57.7 Å². The second kappa shape index (κ2) is 5.93. The molecule has 0 atom stereocenters. The van der Waals surface area contributed by atoms with Gasteiger partial charge in [-0.25, -0.2) is 4.98 Å². The van der Waals surface area contributed by atoms with Gasteiger partial charge in [-0.2, -0.15) is 0 Å². The van der Waals surface area contributed by atoms with Crippen LogP contribution in [0.15, 0.2) is 34.9 Å². The number of fused-ring (bicyclic) bond motifs is 1.